The molecule has 0 fully saturated rings. The van der Waals surface area contributed by atoms with Gasteiger partial charge in [0, 0.05) is 6.07 Å². The molecule has 0 aromatic heterocycles. The van der Waals surface area contributed by atoms with Gasteiger partial charge >= 0.3 is 6.09 Å². The van der Waals surface area contributed by atoms with Crippen molar-refractivity contribution in [3.05, 3.63) is 22.2 Å². The van der Waals surface area contributed by atoms with E-state index in [9.17, 15) is 9.59 Å². The summed E-state index contributed by atoms with van der Waals surface area (Å²) in [5.41, 5.74) is 0.636. The molecule has 0 bridgehead atoms. The van der Waals surface area contributed by atoms with E-state index in [1.165, 1.54) is 7.11 Å². The van der Waals surface area contributed by atoms with Gasteiger partial charge in [-0.1, -0.05) is 0 Å². The fourth-order valence-corrected chi connectivity index (χ4v) is 2.53. The minimum absolute atomic E-state index is 0.178. The maximum atomic E-state index is 12.1. The number of benzene rings is 1. The zero-order valence-electron chi connectivity index (χ0n) is 11.8. The Balaban J connectivity index is 2.39. The average Bonchev–Trinajstić information content (AvgIpc) is 2.60. The van der Waals surface area contributed by atoms with Gasteiger partial charge in [-0.25, -0.2) is 9.69 Å². The van der Waals surface area contributed by atoms with Gasteiger partial charge in [0.05, 0.1) is 23.7 Å². The van der Waals surface area contributed by atoms with Crippen molar-refractivity contribution in [1.29, 1.82) is 0 Å². The average molecular weight is 342 g/mol. The number of carbonyl (C=O) groups excluding carboxylic acids is 2. The summed E-state index contributed by atoms with van der Waals surface area (Å²) in [6.45, 7) is 5.28. The lowest BCUT2D eigenvalue weighted by Gasteiger charge is -2.24. The third-order valence-electron chi connectivity index (χ3n) is 2.76. The van der Waals surface area contributed by atoms with E-state index in [-0.39, 0.29) is 12.3 Å². The number of imide groups is 1. The second-order valence-corrected chi connectivity index (χ2v) is 6.36. The molecular formula is C14H16BrNO4. The Hall–Kier alpha value is -1.56. The van der Waals surface area contributed by atoms with E-state index >= 15 is 0 Å². The summed E-state index contributed by atoms with van der Waals surface area (Å²) < 4.78 is 11.2. The zero-order valence-corrected chi connectivity index (χ0v) is 13.4. The molecule has 2 rings (SSSR count). The van der Waals surface area contributed by atoms with Crippen molar-refractivity contribution < 1.29 is 19.1 Å². The molecule has 1 aromatic carbocycles. The molecule has 0 atom stereocenters. The maximum Gasteiger partial charge on any atom is 0.421 e. The van der Waals surface area contributed by atoms with Crippen LogP contribution in [0.25, 0.3) is 0 Å². The summed E-state index contributed by atoms with van der Waals surface area (Å²) >= 11 is 3.36. The van der Waals surface area contributed by atoms with Crippen molar-refractivity contribution in [1.82, 2.24) is 0 Å². The van der Waals surface area contributed by atoms with E-state index in [4.69, 9.17) is 9.47 Å². The molecule has 0 N–H and O–H groups in total. The lowest BCUT2D eigenvalue weighted by Crippen LogP contribution is -2.38. The molecule has 1 aliphatic heterocycles. The number of fused-ring (bicyclic) bond motifs is 1. The molecule has 0 aliphatic carbocycles. The first-order chi connectivity index (χ1) is 9.23. The van der Waals surface area contributed by atoms with Crippen molar-refractivity contribution in [2.24, 2.45) is 0 Å². The van der Waals surface area contributed by atoms with Gasteiger partial charge in [-0.15, -0.1) is 0 Å². The Morgan fingerprint density at radius 3 is 2.55 bits per heavy atom. The Kier molecular flexibility index (Phi) is 3.77. The zero-order chi connectivity index (χ0) is 15.1. The predicted octanol–water partition coefficient (Wildman–Crippen LogP) is 3.28. The van der Waals surface area contributed by atoms with Crippen LogP contribution in [-0.2, 0) is 16.0 Å². The van der Waals surface area contributed by atoms with E-state index in [0.29, 0.717) is 11.4 Å². The fourth-order valence-electron chi connectivity index (χ4n) is 1.97. The first-order valence-corrected chi connectivity index (χ1v) is 6.94. The van der Waals surface area contributed by atoms with Crippen LogP contribution in [0, 0.1) is 0 Å². The van der Waals surface area contributed by atoms with Crippen LogP contribution in [0.1, 0.15) is 26.3 Å². The molecule has 108 valence electrons. The van der Waals surface area contributed by atoms with Gasteiger partial charge in [-0.2, -0.15) is 0 Å². The quantitative estimate of drug-likeness (QED) is 0.786. The van der Waals surface area contributed by atoms with Gasteiger partial charge in [-0.05, 0) is 48.3 Å². The van der Waals surface area contributed by atoms with Crippen molar-refractivity contribution in [3.63, 3.8) is 0 Å². The second kappa shape index (κ2) is 5.09. The van der Waals surface area contributed by atoms with Crippen LogP contribution in [0.5, 0.6) is 5.75 Å². The van der Waals surface area contributed by atoms with Crippen LogP contribution in [0.15, 0.2) is 16.6 Å². The van der Waals surface area contributed by atoms with E-state index < -0.39 is 11.7 Å². The number of halogens is 1. The highest BCUT2D eigenvalue weighted by Crippen LogP contribution is 2.38. The monoisotopic (exact) mass is 341 g/mol. The SMILES string of the molecule is COc1cc2c(cc1Br)CC(=O)N2C(=O)OC(C)(C)C. The number of anilines is 1. The Labute approximate surface area is 126 Å². The highest BCUT2D eigenvalue weighted by Gasteiger charge is 2.36. The number of amides is 2. The normalized spacial score (nSPS) is 14.2. The van der Waals surface area contributed by atoms with E-state index in [1.54, 1.807) is 32.9 Å². The van der Waals surface area contributed by atoms with Crippen LogP contribution in [0.4, 0.5) is 10.5 Å². The van der Waals surface area contributed by atoms with E-state index in [0.717, 1.165) is 14.9 Å². The molecule has 1 aliphatic rings. The first-order valence-electron chi connectivity index (χ1n) is 6.15. The van der Waals surface area contributed by atoms with Gasteiger partial charge < -0.3 is 9.47 Å². The predicted molar refractivity (Wildman–Crippen MR) is 78.1 cm³/mol. The van der Waals surface area contributed by atoms with Gasteiger partial charge in [0.25, 0.3) is 0 Å². The number of methoxy groups -OCH3 is 1. The summed E-state index contributed by atoms with van der Waals surface area (Å²) in [7, 11) is 1.53. The number of rotatable bonds is 1. The second-order valence-electron chi connectivity index (χ2n) is 5.50. The lowest BCUT2D eigenvalue weighted by molar-refractivity contribution is -0.117. The minimum atomic E-state index is -0.661. The molecule has 2 amide bonds. The Morgan fingerprint density at radius 1 is 1.35 bits per heavy atom. The lowest BCUT2D eigenvalue weighted by atomic mass is 10.1. The number of nitrogens with zero attached hydrogens (tertiary/aromatic N) is 1. The smallest absolute Gasteiger partial charge is 0.421 e. The first kappa shape index (κ1) is 14.8. The third kappa shape index (κ3) is 2.80. The van der Waals surface area contributed by atoms with Gasteiger partial charge in [0.15, 0.2) is 0 Å². The summed E-state index contributed by atoms with van der Waals surface area (Å²) in [5, 5.41) is 0. The third-order valence-corrected chi connectivity index (χ3v) is 3.38. The molecule has 6 heteroatoms. The summed E-state index contributed by atoms with van der Waals surface area (Å²) in [6, 6.07) is 3.45. The highest BCUT2D eigenvalue weighted by atomic mass is 79.9. The summed E-state index contributed by atoms with van der Waals surface area (Å²) in [5.74, 6) is 0.265. The van der Waals surface area contributed by atoms with Crippen molar-refractivity contribution >= 4 is 33.6 Å². The number of hydrogen-bond donors (Lipinski definition) is 0. The van der Waals surface area contributed by atoms with Crippen LogP contribution in [0.3, 0.4) is 0 Å². The molecule has 0 radical (unpaired) electrons. The molecule has 5 nitrogen and oxygen atoms in total. The number of hydrogen-bond acceptors (Lipinski definition) is 4. The Morgan fingerprint density at radius 2 is 2.00 bits per heavy atom. The van der Waals surface area contributed by atoms with Crippen LogP contribution >= 0.6 is 15.9 Å². The molecule has 0 saturated carbocycles. The van der Waals surface area contributed by atoms with E-state index in [1.807, 2.05) is 0 Å². The maximum absolute atomic E-state index is 12.1. The fraction of sp³-hybridized carbons (Fsp3) is 0.429. The molecular weight excluding hydrogens is 326 g/mol. The topological polar surface area (TPSA) is 55.8 Å². The molecule has 20 heavy (non-hydrogen) atoms. The molecule has 0 saturated heterocycles. The number of carbonyl (C=O) groups is 2. The largest absolute Gasteiger partial charge is 0.495 e. The standard InChI is InChI=1S/C14H16BrNO4/c1-14(2,3)20-13(18)16-10-7-11(19-4)9(15)5-8(10)6-12(16)17/h5,7H,6H2,1-4H3. The van der Waals surface area contributed by atoms with Crippen molar-refractivity contribution in [3.8, 4) is 5.75 Å². The van der Waals surface area contributed by atoms with Crippen LogP contribution < -0.4 is 9.64 Å². The van der Waals surface area contributed by atoms with Gasteiger partial charge in [0.1, 0.15) is 11.4 Å². The van der Waals surface area contributed by atoms with Crippen molar-refractivity contribution in [2.75, 3.05) is 12.0 Å². The Bertz CT molecular complexity index is 577. The summed E-state index contributed by atoms with van der Waals surface area (Å²) in [4.78, 5) is 25.3. The molecule has 0 spiro atoms. The summed E-state index contributed by atoms with van der Waals surface area (Å²) in [6.07, 6.45) is -0.484. The van der Waals surface area contributed by atoms with Crippen molar-refractivity contribution in [2.45, 2.75) is 32.8 Å². The van der Waals surface area contributed by atoms with Crippen LogP contribution in [0.2, 0.25) is 0 Å². The number of ether oxygens (including phenoxy) is 2. The van der Waals surface area contributed by atoms with Crippen LogP contribution in [-0.4, -0.2) is 24.7 Å². The van der Waals surface area contributed by atoms with Gasteiger partial charge in [0.2, 0.25) is 5.91 Å². The van der Waals surface area contributed by atoms with E-state index in [2.05, 4.69) is 15.9 Å². The minimum Gasteiger partial charge on any atom is -0.495 e. The molecule has 1 heterocycles. The molecule has 1 aromatic rings. The highest BCUT2D eigenvalue weighted by molar-refractivity contribution is 9.10. The van der Waals surface area contributed by atoms with Gasteiger partial charge in [-0.3, -0.25) is 4.79 Å². The molecule has 0 unspecified atom stereocenters.